The van der Waals surface area contributed by atoms with Crippen molar-refractivity contribution >= 4 is 11.6 Å². The van der Waals surface area contributed by atoms with E-state index < -0.39 is 0 Å². The number of aromatic nitrogens is 1. The van der Waals surface area contributed by atoms with Crippen molar-refractivity contribution in [3.63, 3.8) is 0 Å². The molecule has 5 nitrogen and oxygen atoms in total. The van der Waals surface area contributed by atoms with E-state index in [0.717, 1.165) is 13.1 Å². The maximum atomic E-state index is 11.9. The molecule has 0 spiro atoms. The highest BCUT2D eigenvalue weighted by atomic mass is 16.1. The van der Waals surface area contributed by atoms with Gasteiger partial charge in [0.05, 0.1) is 5.56 Å². The minimum absolute atomic E-state index is 0.131. The average molecular weight is 248 g/mol. The van der Waals surface area contributed by atoms with E-state index in [1.54, 1.807) is 12.3 Å². The zero-order valence-corrected chi connectivity index (χ0v) is 10.7. The zero-order chi connectivity index (χ0) is 13.0. The molecule has 1 aromatic heterocycles. The molecule has 1 saturated heterocycles. The number of nitrogen functional groups attached to an aromatic ring is 1. The Morgan fingerprint density at radius 3 is 3.22 bits per heavy atom. The maximum Gasteiger partial charge on any atom is 0.254 e. The fourth-order valence-electron chi connectivity index (χ4n) is 2.37. The number of carbonyl (C=O) groups is 1. The van der Waals surface area contributed by atoms with E-state index in [-0.39, 0.29) is 5.91 Å². The minimum Gasteiger partial charge on any atom is -0.398 e. The third-order valence-electron chi connectivity index (χ3n) is 3.37. The van der Waals surface area contributed by atoms with Gasteiger partial charge in [-0.3, -0.25) is 9.78 Å². The number of nitrogens with one attached hydrogen (secondary N) is 1. The van der Waals surface area contributed by atoms with Crippen LogP contribution in [0.25, 0.3) is 0 Å². The van der Waals surface area contributed by atoms with Gasteiger partial charge < -0.3 is 16.0 Å². The topological polar surface area (TPSA) is 71.2 Å². The van der Waals surface area contributed by atoms with Crippen molar-refractivity contribution in [1.29, 1.82) is 0 Å². The van der Waals surface area contributed by atoms with Gasteiger partial charge in [0, 0.05) is 31.2 Å². The molecule has 18 heavy (non-hydrogen) atoms. The summed E-state index contributed by atoms with van der Waals surface area (Å²) >= 11 is 0. The van der Waals surface area contributed by atoms with Crippen molar-refractivity contribution in [2.24, 2.45) is 5.92 Å². The molecule has 0 radical (unpaired) electrons. The number of hydrogen-bond acceptors (Lipinski definition) is 4. The van der Waals surface area contributed by atoms with Gasteiger partial charge in [-0.15, -0.1) is 0 Å². The van der Waals surface area contributed by atoms with Crippen LogP contribution < -0.4 is 11.1 Å². The van der Waals surface area contributed by atoms with E-state index >= 15 is 0 Å². The van der Waals surface area contributed by atoms with E-state index in [1.165, 1.54) is 19.0 Å². The van der Waals surface area contributed by atoms with Crippen LogP contribution in [0, 0.1) is 5.92 Å². The largest absolute Gasteiger partial charge is 0.398 e. The lowest BCUT2D eigenvalue weighted by Gasteiger charge is -2.29. The summed E-state index contributed by atoms with van der Waals surface area (Å²) in [5.41, 5.74) is 6.68. The number of anilines is 1. The van der Waals surface area contributed by atoms with Crippen LogP contribution >= 0.6 is 0 Å². The van der Waals surface area contributed by atoms with Crippen molar-refractivity contribution in [3.8, 4) is 0 Å². The summed E-state index contributed by atoms with van der Waals surface area (Å²) in [6.45, 7) is 2.90. The van der Waals surface area contributed by atoms with Crippen LogP contribution in [-0.2, 0) is 0 Å². The third-order valence-corrected chi connectivity index (χ3v) is 3.37. The van der Waals surface area contributed by atoms with Gasteiger partial charge in [0.25, 0.3) is 5.91 Å². The Bertz CT molecular complexity index is 421. The van der Waals surface area contributed by atoms with Gasteiger partial charge in [-0.25, -0.2) is 0 Å². The first-order valence-corrected chi connectivity index (χ1v) is 6.33. The van der Waals surface area contributed by atoms with Crippen LogP contribution in [0.1, 0.15) is 23.2 Å². The molecule has 5 heteroatoms. The van der Waals surface area contributed by atoms with Crippen molar-refractivity contribution in [2.75, 3.05) is 32.4 Å². The van der Waals surface area contributed by atoms with Crippen LogP contribution in [0.5, 0.6) is 0 Å². The molecular weight excluding hydrogens is 228 g/mol. The Labute approximate surface area is 107 Å². The fraction of sp³-hybridized carbons (Fsp3) is 0.538. The molecular formula is C13H20N4O. The molecule has 0 aliphatic carbocycles. The Morgan fingerprint density at radius 2 is 2.50 bits per heavy atom. The molecule has 1 aliphatic rings. The second-order valence-corrected chi connectivity index (χ2v) is 4.94. The lowest BCUT2D eigenvalue weighted by atomic mass is 9.98. The summed E-state index contributed by atoms with van der Waals surface area (Å²) in [6.07, 6.45) is 5.47. The van der Waals surface area contributed by atoms with Gasteiger partial charge >= 0.3 is 0 Å². The number of amides is 1. The van der Waals surface area contributed by atoms with E-state index in [9.17, 15) is 4.79 Å². The van der Waals surface area contributed by atoms with Crippen LogP contribution in [0.15, 0.2) is 18.5 Å². The number of piperidine rings is 1. The van der Waals surface area contributed by atoms with Gasteiger partial charge in [-0.05, 0) is 38.4 Å². The Kier molecular flexibility index (Phi) is 4.15. The summed E-state index contributed by atoms with van der Waals surface area (Å²) in [6, 6.07) is 1.64. The van der Waals surface area contributed by atoms with Gasteiger partial charge in [0.1, 0.15) is 0 Å². The first kappa shape index (κ1) is 12.8. The molecule has 1 aromatic rings. The third kappa shape index (κ3) is 3.20. The number of hydrogen-bond donors (Lipinski definition) is 2. The van der Waals surface area contributed by atoms with Gasteiger partial charge in [0.15, 0.2) is 0 Å². The molecule has 1 fully saturated rings. The molecule has 2 heterocycles. The molecule has 0 aromatic carbocycles. The fourth-order valence-corrected chi connectivity index (χ4v) is 2.37. The zero-order valence-electron chi connectivity index (χ0n) is 10.7. The summed E-state index contributed by atoms with van der Waals surface area (Å²) in [5.74, 6) is 0.402. The number of nitrogens with zero attached hydrogens (tertiary/aromatic N) is 2. The van der Waals surface area contributed by atoms with Gasteiger partial charge in [-0.1, -0.05) is 0 Å². The Morgan fingerprint density at radius 1 is 1.67 bits per heavy atom. The number of carbonyl (C=O) groups excluding carboxylic acids is 1. The normalized spacial score (nSPS) is 20.6. The maximum absolute atomic E-state index is 11.9. The minimum atomic E-state index is -0.131. The first-order valence-electron chi connectivity index (χ1n) is 6.33. The number of pyridine rings is 1. The summed E-state index contributed by atoms with van der Waals surface area (Å²) < 4.78 is 0. The van der Waals surface area contributed by atoms with E-state index in [4.69, 9.17) is 5.73 Å². The summed E-state index contributed by atoms with van der Waals surface area (Å²) in [7, 11) is 2.12. The Hall–Kier alpha value is -1.62. The predicted molar refractivity (Wildman–Crippen MR) is 71.2 cm³/mol. The molecule has 98 valence electrons. The van der Waals surface area contributed by atoms with Crippen molar-refractivity contribution in [1.82, 2.24) is 15.2 Å². The molecule has 0 saturated carbocycles. The lowest BCUT2D eigenvalue weighted by Crippen LogP contribution is -2.39. The monoisotopic (exact) mass is 248 g/mol. The van der Waals surface area contributed by atoms with Gasteiger partial charge in [-0.2, -0.15) is 0 Å². The highest BCUT2D eigenvalue weighted by molar-refractivity contribution is 5.98. The van der Waals surface area contributed by atoms with Crippen LogP contribution in [0.2, 0.25) is 0 Å². The van der Waals surface area contributed by atoms with Crippen LogP contribution in [0.4, 0.5) is 5.69 Å². The Balaban J connectivity index is 1.87. The second kappa shape index (κ2) is 5.82. The molecule has 2 rings (SSSR count). The van der Waals surface area contributed by atoms with Crippen LogP contribution in [-0.4, -0.2) is 42.5 Å². The smallest absolute Gasteiger partial charge is 0.254 e. The lowest BCUT2D eigenvalue weighted by molar-refractivity contribution is 0.0937. The first-order chi connectivity index (χ1) is 8.66. The average Bonchev–Trinajstić information content (AvgIpc) is 2.37. The molecule has 3 N–H and O–H groups in total. The van der Waals surface area contributed by atoms with Crippen LogP contribution in [0.3, 0.4) is 0 Å². The highest BCUT2D eigenvalue weighted by Crippen LogP contribution is 2.14. The molecule has 1 amide bonds. The molecule has 0 unspecified atom stereocenters. The number of nitrogens with two attached hydrogens (primary N) is 1. The molecule has 1 atom stereocenters. The predicted octanol–water partition coefficient (Wildman–Crippen LogP) is 0.735. The summed E-state index contributed by atoms with van der Waals surface area (Å²) in [4.78, 5) is 18.2. The van der Waals surface area contributed by atoms with E-state index in [2.05, 4.69) is 22.2 Å². The summed E-state index contributed by atoms with van der Waals surface area (Å²) in [5, 5.41) is 2.94. The van der Waals surface area contributed by atoms with Gasteiger partial charge in [0.2, 0.25) is 0 Å². The SMILES string of the molecule is CN1CCC[C@H](CNC(=O)c2cnccc2N)C1. The molecule has 1 aliphatic heterocycles. The number of rotatable bonds is 3. The standard InChI is InChI=1S/C13H20N4O/c1-17-6-2-3-10(9-17)7-16-13(18)11-8-15-5-4-12(11)14/h4-5,8,10H,2-3,6-7,9H2,1H3,(H2,14,15)(H,16,18)/t10-/m1/s1. The van der Waals surface area contributed by atoms with Crippen molar-refractivity contribution in [3.05, 3.63) is 24.0 Å². The van der Waals surface area contributed by atoms with E-state index in [1.807, 2.05) is 0 Å². The quantitative estimate of drug-likeness (QED) is 0.827. The van der Waals surface area contributed by atoms with Crippen molar-refractivity contribution < 1.29 is 4.79 Å². The number of likely N-dealkylation sites (tertiary alicyclic amines) is 1. The molecule has 0 bridgehead atoms. The van der Waals surface area contributed by atoms with E-state index in [0.29, 0.717) is 23.7 Å². The second-order valence-electron chi connectivity index (χ2n) is 4.94. The highest BCUT2D eigenvalue weighted by Gasteiger charge is 2.18. The van der Waals surface area contributed by atoms with Crippen molar-refractivity contribution in [2.45, 2.75) is 12.8 Å².